The van der Waals surface area contributed by atoms with Crippen molar-refractivity contribution in [3.63, 3.8) is 0 Å². The van der Waals surface area contributed by atoms with Gasteiger partial charge in [-0.3, -0.25) is 4.79 Å². The molecule has 9 heavy (non-hydrogen) atoms. The number of halogens is 1. The molecule has 1 amide bonds. The average Bonchev–Trinajstić information content (AvgIpc) is 2.45. The van der Waals surface area contributed by atoms with Gasteiger partial charge in [-0.05, 0) is 0 Å². The van der Waals surface area contributed by atoms with E-state index in [-0.39, 0.29) is 19.4 Å². The Morgan fingerprint density at radius 3 is 2.78 bits per heavy atom. The zero-order valence-corrected chi connectivity index (χ0v) is 4.89. The van der Waals surface area contributed by atoms with Crippen molar-refractivity contribution >= 4 is 5.91 Å². The van der Waals surface area contributed by atoms with Crippen molar-refractivity contribution in [3.8, 4) is 0 Å². The molecule has 0 aromatic rings. The third-order valence-corrected chi connectivity index (χ3v) is 1.20. The number of carbonyl (C=O) groups is 1. The van der Waals surface area contributed by atoms with Crippen LogP contribution in [-0.4, -0.2) is 18.4 Å². The van der Waals surface area contributed by atoms with Crippen molar-refractivity contribution in [2.24, 2.45) is 5.73 Å². The first-order chi connectivity index (χ1) is 4.12. The fraction of sp³-hybridized carbons (Fsp3) is 0.800. The van der Waals surface area contributed by atoms with Gasteiger partial charge in [0.15, 0.2) is 0 Å². The first-order valence-electron chi connectivity index (χ1n) is 2.74. The molecule has 0 aromatic carbocycles. The van der Waals surface area contributed by atoms with Gasteiger partial charge in [-0.2, -0.15) is 0 Å². The minimum atomic E-state index is -1.52. The molecule has 0 aromatic heterocycles. The minimum absolute atomic E-state index is 0.0660. The van der Waals surface area contributed by atoms with E-state index in [1.54, 1.807) is 0 Å². The van der Waals surface area contributed by atoms with Gasteiger partial charge in [0.2, 0.25) is 11.8 Å². The van der Waals surface area contributed by atoms with Gasteiger partial charge in [0, 0.05) is 12.8 Å². The molecule has 1 rings (SSSR count). The summed E-state index contributed by atoms with van der Waals surface area (Å²) in [7, 11) is 0. The second-order valence-electron chi connectivity index (χ2n) is 2.14. The molecule has 1 heterocycles. The van der Waals surface area contributed by atoms with Crippen molar-refractivity contribution in [3.05, 3.63) is 0 Å². The Balaban J connectivity index is 2.12. The van der Waals surface area contributed by atoms with Crippen LogP contribution in [0, 0.1) is 0 Å². The smallest absolute Gasteiger partial charge is 0.233 e. The molecular formula is C5H8FNO2. The maximum atomic E-state index is 12.4. The van der Waals surface area contributed by atoms with Gasteiger partial charge in [-0.1, -0.05) is 0 Å². The number of alkyl halides is 1. The molecule has 3 nitrogen and oxygen atoms in total. The highest BCUT2D eigenvalue weighted by molar-refractivity contribution is 5.73. The molecule has 0 radical (unpaired) electrons. The minimum Gasteiger partial charge on any atom is -0.370 e. The largest absolute Gasteiger partial charge is 0.370 e. The van der Waals surface area contributed by atoms with Crippen molar-refractivity contribution in [2.75, 3.05) is 6.61 Å². The van der Waals surface area contributed by atoms with Crippen molar-refractivity contribution in [2.45, 2.75) is 18.7 Å². The number of ether oxygens (including phenoxy) is 1. The summed E-state index contributed by atoms with van der Waals surface area (Å²) in [6, 6.07) is 0. The van der Waals surface area contributed by atoms with Crippen LogP contribution in [0.5, 0.6) is 0 Å². The van der Waals surface area contributed by atoms with Crippen LogP contribution in [-0.2, 0) is 9.53 Å². The number of primary amides is 1. The van der Waals surface area contributed by atoms with Crippen LogP contribution in [0.2, 0.25) is 0 Å². The summed E-state index contributed by atoms with van der Waals surface area (Å²) < 4.78 is 16.8. The van der Waals surface area contributed by atoms with Gasteiger partial charge in [0.25, 0.3) is 0 Å². The number of epoxide rings is 1. The number of nitrogens with two attached hydrogens (primary N) is 1. The molecule has 2 N–H and O–H groups in total. The van der Waals surface area contributed by atoms with E-state index in [9.17, 15) is 9.18 Å². The standard InChI is InChI=1S/C5H8FNO2/c6-5(3-9-5)2-1-4(7)8/h1-3H2,(H2,7,8). The Morgan fingerprint density at radius 2 is 2.44 bits per heavy atom. The summed E-state index contributed by atoms with van der Waals surface area (Å²) in [5.41, 5.74) is 4.77. The summed E-state index contributed by atoms with van der Waals surface area (Å²) in [5.74, 6) is -2.00. The van der Waals surface area contributed by atoms with Gasteiger partial charge in [-0.25, -0.2) is 4.39 Å². The van der Waals surface area contributed by atoms with Crippen LogP contribution in [0.15, 0.2) is 0 Å². The number of hydrogen-bond donors (Lipinski definition) is 1. The molecule has 1 aliphatic rings. The van der Waals surface area contributed by atoms with Crippen molar-refractivity contribution in [1.29, 1.82) is 0 Å². The topological polar surface area (TPSA) is 55.6 Å². The maximum absolute atomic E-state index is 12.4. The molecule has 0 bridgehead atoms. The highest BCUT2D eigenvalue weighted by Crippen LogP contribution is 2.33. The fourth-order valence-corrected chi connectivity index (χ4v) is 0.533. The highest BCUT2D eigenvalue weighted by atomic mass is 19.2. The zero-order valence-electron chi connectivity index (χ0n) is 4.89. The van der Waals surface area contributed by atoms with Gasteiger partial charge in [0.05, 0.1) is 0 Å². The molecule has 4 heteroatoms. The monoisotopic (exact) mass is 133 g/mol. The number of hydrogen-bond acceptors (Lipinski definition) is 2. The van der Waals surface area contributed by atoms with E-state index >= 15 is 0 Å². The fourth-order valence-electron chi connectivity index (χ4n) is 0.533. The Kier molecular flexibility index (Phi) is 1.40. The average molecular weight is 133 g/mol. The predicted molar refractivity (Wildman–Crippen MR) is 28.2 cm³/mol. The molecule has 0 spiro atoms. The van der Waals surface area contributed by atoms with Crippen molar-refractivity contribution in [1.82, 2.24) is 0 Å². The third-order valence-electron chi connectivity index (χ3n) is 1.20. The summed E-state index contributed by atoms with van der Waals surface area (Å²) in [4.78, 5) is 10.1. The first-order valence-corrected chi connectivity index (χ1v) is 2.74. The first kappa shape index (κ1) is 6.48. The number of rotatable bonds is 3. The van der Waals surface area contributed by atoms with Crippen LogP contribution in [0.25, 0.3) is 0 Å². The zero-order chi connectivity index (χ0) is 6.91. The quantitative estimate of drug-likeness (QED) is 0.548. The summed E-state index contributed by atoms with van der Waals surface area (Å²) >= 11 is 0. The molecule has 0 saturated carbocycles. The second-order valence-corrected chi connectivity index (χ2v) is 2.14. The Morgan fingerprint density at radius 1 is 1.89 bits per heavy atom. The van der Waals surface area contributed by atoms with Crippen LogP contribution in [0.4, 0.5) is 4.39 Å². The Hall–Kier alpha value is -0.640. The van der Waals surface area contributed by atoms with Crippen molar-refractivity contribution < 1.29 is 13.9 Å². The van der Waals surface area contributed by atoms with Gasteiger partial charge in [0.1, 0.15) is 6.61 Å². The highest BCUT2D eigenvalue weighted by Gasteiger charge is 2.44. The number of carbonyl (C=O) groups excluding carboxylic acids is 1. The van der Waals surface area contributed by atoms with Crippen LogP contribution in [0.3, 0.4) is 0 Å². The molecule has 52 valence electrons. The second kappa shape index (κ2) is 1.95. The lowest BCUT2D eigenvalue weighted by molar-refractivity contribution is -0.118. The molecule has 1 fully saturated rings. The number of amides is 1. The van der Waals surface area contributed by atoms with Crippen LogP contribution < -0.4 is 5.73 Å². The van der Waals surface area contributed by atoms with E-state index in [0.29, 0.717) is 0 Å². The molecule has 1 atom stereocenters. The van der Waals surface area contributed by atoms with Crippen LogP contribution >= 0.6 is 0 Å². The van der Waals surface area contributed by atoms with Gasteiger partial charge in [-0.15, -0.1) is 0 Å². The van der Waals surface area contributed by atoms with Gasteiger partial charge < -0.3 is 10.5 Å². The molecular weight excluding hydrogens is 125 g/mol. The molecule has 1 saturated heterocycles. The van der Waals surface area contributed by atoms with E-state index in [0.717, 1.165) is 0 Å². The van der Waals surface area contributed by atoms with E-state index < -0.39 is 11.8 Å². The van der Waals surface area contributed by atoms with E-state index in [2.05, 4.69) is 4.74 Å². The third kappa shape index (κ3) is 1.97. The lowest BCUT2D eigenvalue weighted by atomic mass is 10.2. The van der Waals surface area contributed by atoms with E-state index in [1.807, 2.05) is 0 Å². The van der Waals surface area contributed by atoms with E-state index in [1.165, 1.54) is 0 Å². The normalized spacial score (nSPS) is 32.1. The molecule has 1 aliphatic heterocycles. The van der Waals surface area contributed by atoms with E-state index in [4.69, 9.17) is 5.73 Å². The lowest BCUT2D eigenvalue weighted by Gasteiger charge is -1.95. The lowest BCUT2D eigenvalue weighted by Crippen LogP contribution is -2.14. The SMILES string of the molecule is NC(=O)CCC1(F)CO1. The summed E-state index contributed by atoms with van der Waals surface area (Å²) in [5, 5.41) is 0. The molecule has 1 unspecified atom stereocenters. The van der Waals surface area contributed by atoms with Crippen LogP contribution in [0.1, 0.15) is 12.8 Å². The maximum Gasteiger partial charge on any atom is 0.233 e. The summed E-state index contributed by atoms with van der Waals surface area (Å²) in [6.07, 6.45) is 0.166. The summed E-state index contributed by atoms with van der Waals surface area (Å²) in [6.45, 7) is 0.111. The predicted octanol–water partition coefficient (Wildman–Crippen LogP) is -0.0521. The molecule has 0 aliphatic carbocycles. The van der Waals surface area contributed by atoms with Gasteiger partial charge >= 0.3 is 0 Å². The Bertz CT molecular complexity index is 133. The Labute approximate surface area is 52.0 Å².